The highest BCUT2D eigenvalue weighted by Crippen LogP contribution is 2.32. The maximum atomic E-state index is 14.3. The van der Waals surface area contributed by atoms with E-state index in [2.05, 4.69) is 57.6 Å². The van der Waals surface area contributed by atoms with Crippen LogP contribution in [0.25, 0.3) is 10.4 Å². The Bertz CT molecular complexity index is 2750. The molecule has 8 rings (SSSR count). The molecule has 5 aromatic rings. The van der Waals surface area contributed by atoms with Crippen molar-refractivity contribution in [1.29, 1.82) is 0 Å². The SMILES string of the molecule is Cc1ncsc1-c1ccc([C@H](C)NC(=O)[C@@H]2CC(O)CN2C(=O)[C@@H](NC(=O)c2cnc(N3CCC(OCCCCCCCC(=O)Nc4cccc(Sc5cnc(N6CCC(C)(N)CC6)cn5)c4)CC3)nc2)C(C)(C)C)cc1. The number of hydrogen-bond donors (Lipinski definition) is 5. The summed E-state index contributed by atoms with van der Waals surface area (Å²) in [6.07, 6.45) is 14.8. The van der Waals surface area contributed by atoms with Crippen molar-refractivity contribution in [3.8, 4) is 10.4 Å². The van der Waals surface area contributed by atoms with Crippen LogP contribution in [0.1, 0.15) is 133 Å². The molecule has 4 amide bonds. The molecule has 3 aliphatic heterocycles. The standard InChI is InChI=1S/C57H76N12O6S2/c1-37(39-16-18-40(19-17-39)50-38(2)63-36-76-50)64-53(73)46-30-43(70)35-69(46)54(74)51(56(3,4)5)66-52(72)41-31-61-55(62-32-41)68-24-20-44(21-25-68)75-28-11-9-7-8-10-15-48(71)65-42-13-12-14-45(29-42)77-49-34-59-47(33-60-49)67-26-22-57(6,58)23-27-67/h12-14,16-19,29,31-34,36-37,43-44,46,51,70H,7-11,15,20-28,30,35,58H2,1-6H3,(H,64,73)(H,65,71)(H,66,72)/t37-,43?,46-,51+/m0/s1. The lowest BCUT2D eigenvalue weighted by atomic mass is 9.85. The van der Waals surface area contributed by atoms with Gasteiger partial charge in [-0.15, -0.1) is 11.3 Å². The number of piperidine rings is 2. The minimum atomic E-state index is -1.00. The van der Waals surface area contributed by atoms with Crippen LogP contribution in [0.4, 0.5) is 17.5 Å². The highest BCUT2D eigenvalue weighted by atomic mass is 32.2. The van der Waals surface area contributed by atoms with E-state index in [1.54, 1.807) is 17.5 Å². The Kier molecular flexibility index (Phi) is 19.3. The second-order valence-corrected chi connectivity index (χ2v) is 24.1. The minimum Gasteiger partial charge on any atom is -0.391 e. The smallest absolute Gasteiger partial charge is 0.255 e. The molecule has 6 heterocycles. The third kappa shape index (κ3) is 15.8. The number of benzene rings is 2. The number of unbranched alkanes of at least 4 members (excludes halogenated alkanes) is 4. The van der Waals surface area contributed by atoms with Crippen LogP contribution < -0.4 is 31.5 Å². The van der Waals surface area contributed by atoms with Gasteiger partial charge in [-0.1, -0.05) is 82.1 Å². The maximum Gasteiger partial charge on any atom is 0.255 e. The van der Waals surface area contributed by atoms with Gasteiger partial charge in [-0.2, -0.15) is 0 Å². The zero-order valence-corrected chi connectivity index (χ0v) is 47.0. The van der Waals surface area contributed by atoms with Crippen LogP contribution in [0.15, 0.2) is 88.8 Å². The van der Waals surface area contributed by atoms with E-state index in [-0.39, 0.29) is 48.0 Å². The molecule has 3 saturated heterocycles. The van der Waals surface area contributed by atoms with Gasteiger partial charge in [0.1, 0.15) is 22.9 Å². The molecule has 6 N–H and O–H groups in total. The Hall–Kier alpha value is -6.06. The molecule has 77 heavy (non-hydrogen) atoms. The molecule has 412 valence electrons. The van der Waals surface area contributed by atoms with E-state index in [9.17, 15) is 24.3 Å². The number of likely N-dealkylation sites (tertiary alicyclic amines) is 1. The van der Waals surface area contributed by atoms with E-state index in [0.29, 0.717) is 32.1 Å². The van der Waals surface area contributed by atoms with Crippen LogP contribution in [-0.2, 0) is 19.1 Å². The number of rotatable bonds is 21. The number of carbonyl (C=O) groups is 4. The van der Waals surface area contributed by atoms with E-state index in [1.165, 1.54) is 29.1 Å². The van der Waals surface area contributed by atoms with Gasteiger partial charge in [-0.3, -0.25) is 19.2 Å². The molecular formula is C57H76N12O6S2. The first kappa shape index (κ1) is 57.1. The van der Waals surface area contributed by atoms with E-state index < -0.39 is 35.4 Å². The average Bonchev–Trinajstić information content (AvgIpc) is 4.04. The van der Waals surface area contributed by atoms with Crippen LogP contribution >= 0.6 is 23.1 Å². The zero-order chi connectivity index (χ0) is 54.7. The number of nitrogens with zero attached hydrogens (tertiary/aromatic N) is 8. The summed E-state index contributed by atoms with van der Waals surface area (Å²) in [5.74, 6) is 0.0729. The number of nitrogens with two attached hydrogens (primary N) is 1. The molecule has 3 fully saturated rings. The Morgan fingerprint density at radius 2 is 1.60 bits per heavy atom. The fourth-order valence-electron chi connectivity index (χ4n) is 9.98. The first-order valence-electron chi connectivity index (χ1n) is 27.1. The fourth-order valence-corrected chi connectivity index (χ4v) is 11.6. The van der Waals surface area contributed by atoms with Crippen molar-refractivity contribution in [2.75, 3.05) is 54.4 Å². The molecule has 0 aliphatic carbocycles. The number of hydrogen-bond acceptors (Lipinski definition) is 16. The summed E-state index contributed by atoms with van der Waals surface area (Å²) in [6, 6.07) is 13.5. The van der Waals surface area contributed by atoms with E-state index >= 15 is 0 Å². The van der Waals surface area contributed by atoms with Crippen LogP contribution in [0.3, 0.4) is 0 Å². The summed E-state index contributed by atoms with van der Waals surface area (Å²) in [6.45, 7) is 15.4. The quantitative estimate of drug-likeness (QED) is 0.0437. The summed E-state index contributed by atoms with van der Waals surface area (Å²) in [7, 11) is 0. The average molecular weight is 1090 g/mol. The molecule has 3 aliphatic rings. The molecule has 0 spiro atoms. The number of thiazole rings is 1. The predicted molar refractivity (Wildman–Crippen MR) is 302 cm³/mol. The molecule has 18 nitrogen and oxygen atoms in total. The molecular weight excluding hydrogens is 1010 g/mol. The summed E-state index contributed by atoms with van der Waals surface area (Å²) < 4.78 is 6.24. The summed E-state index contributed by atoms with van der Waals surface area (Å²) in [5.41, 5.74) is 11.1. The number of β-amino-alcohol motifs (C(OH)–C–C–N with tert-alkyl or cyclic N) is 1. The van der Waals surface area contributed by atoms with Gasteiger partial charge in [0.15, 0.2) is 0 Å². The second-order valence-electron chi connectivity index (χ2n) is 22.2. The van der Waals surface area contributed by atoms with E-state index in [0.717, 1.165) is 114 Å². The lowest BCUT2D eigenvalue weighted by Gasteiger charge is -2.37. The number of aliphatic hydroxyl groups is 1. The van der Waals surface area contributed by atoms with Crippen LogP contribution in [0.2, 0.25) is 0 Å². The third-order valence-corrected chi connectivity index (χ3v) is 16.6. The number of anilines is 3. The predicted octanol–water partition coefficient (Wildman–Crippen LogP) is 8.12. The molecule has 1 unspecified atom stereocenters. The van der Waals surface area contributed by atoms with Gasteiger partial charge >= 0.3 is 0 Å². The summed E-state index contributed by atoms with van der Waals surface area (Å²) in [4.78, 5) is 85.0. The highest BCUT2D eigenvalue weighted by molar-refractivity contribution is 7.99. The van der Waals surface area contributed by atoms with Crippen molar-refractivity contribution < 1.29 is 29.0 Å². The van der Waals surface area contributed by atoms with Crippen molar-refractivity contribution in [3.05, 3.63) is 95.6 Å². The number of aryl methyl sites for hydroxylation is 1. The van der Waals surface area contributed by atoms with Gasteiger partial charge in [0.2, 0.25) is 23.7 Å². The molecule has 0 radical (unpaired) electrons. The first-order chi connectivity index (χ1) is 36.9. The normalized spacial score (nSPS) is 18.7. The van der Waals surface area contributed by atoms with Crippen LogP contribution in [0.5, 0.6) is 0 Å². The minimum absolute atomic E-state index is 0.0109. The number of amides is 4. The van der Waals surface area contributed by atoms with Crippen LogP contribution in [-0.4, -0.2) is 128 Å². The van der Waals surface area contributed by atoms with Gasteiger partial charge in [0.25, 0.3) is 5.91 Å². The first-order valence-corrected chi connectivity index (χ1v) is 28.8. The van der Waals surface area contributed by atoms with Crippen molar-refractivity contribution in [1.82, 2.24) is 40.5 Å². The summed E-state index contributed by atoms with van der Waals surface area (Å²) >= 11 is 3.09. The van der Waals surface area contributed by atoms with E-state index in [1.807, 2.05) is 94.9 Å². The molecule has 4 atom stereocenters. The van der Waals surface area contributed by atoms with Gasteiger partial charge in [0, 0.05) is 80.7 Å². The molecule has 0 bridgehead atoms. The van der Waals surface area contributed by atoms with Crippen molar-refractivity contribution in [2.24, 2.45) is 11.1 Å². The van der Waals surface area contributed by atoms with Crippen molar-refractivity contribution in [2.45, 2.75) is 158 Å². The summed E-state index contributed by atoms with van der Waals surface area (Å²) in [5, 5.41) is 20.5. The number of aromatic nitrogens is 5. The lowest BCUT2D eigenvalue weighted by Crippen LogP contribution is -2.57. The van der Waals surface area contributed by atoms with Gasteiger partial charge in [0.05, 0.1) is 52.3 Å². The molecule has 20 heteroatoms. The van der Waals surface area contributed by atoms with Gasteiger partial charge in [-0.25, -0.2) is 24.9 Å². The number of aliphatic hydroxyl groups excluding tert-OH is 1. The lowest BCUT2D eigenvalue weighted by molar-refractivity contribution is -0.142. The molecule has 2 aromatic carbocycles. The number of nitrogens with one attached hydrogen (secondary N) is 3. The Morgan fingerprint density at radius 3 is 2.27 bits per heavy atom. The molecule has 3 aromatic heterocycles. The number of ether oxygens (including phenoxy) is 1. The second kappa shape index (κ2) is 26.1. The topological polar surface area (TPSA) is 234 Å². The van der Waals surface area contributed by atoms with Crippen molar-refractivity contribution >= 4 is 64.2 Å². The van der Waals surface area contributed by atoms with Crippen molar-refractivity contribution in [3.63, 3.8) is 0 Å². The Balaban J connectivity index is 0.701. The Labute approximate surface area is 461 Å². The highest BCUT2D eigenvalue weighted by Gasteiger charge is 2.45. The third-order valence-electron chi connectivity index (χ3n) is 14.7. The zero-order valence-electron chi connectivity index (χ0n) is 45.4. The molecule has 0 saturated carbocycles. The van der Waals surface area contributed by atoms with Gasteiger partial charge < -0.3 is 46.2 Å². The Morgan fingerprint density at radius 1 is 0.883 bits per heavy atom. The van der Waals surface area contributed by atoms with Gasteiger partial charge in [-0.05, 0) is 94.0 Å². The van der Waals surface area contributed by atoms with Crippen LogP contribution in [0, 0.1) is 12.3 Å². The number of carbonyl (C=O) groups excluding carboxylic acids is 4. The fraction of sp³-hybridized carbons (Fsp3) is 0.526. The monoisotopic (exact) mass is 1090 g/mol. The maximum absolute atomic E-state index is 14.3. The largest absolute Gasteiger partial charge is 0.391 e. The van der Waals surface area contributed by atoms with E-state index in [4.69, 9.17) is 10.5 Å².